The number of aromatic nitrogens is 1. The Labute approximate surface area is 144 Å². The molecule has 1 aromatic heterocycles. The molecule has 0 atom stereocenters. The minimum Gasteiger partial charge on any atom is -0.346 e. The number of hydrogen-bond donors (Lipinski definition) is 1. The summed E-state index contributed by atoms with van der Waals surface area (Å²) in [5.41, 5.74) is 4.94. The van der Waals surface area contributed by atoms with Gasteiger partial charge in [-0.1, -0.05) is 19.1 Å². The monoisotopic (exact) mass is 346 g/mol. The van der Waals surface area contributed by atoms with Crippen molar-refractivity contribution in [2.24, 2.45) is 0 Å². The van der Waals surface area contributed by atoms with Crippen LogP contribution in [0.15, 0.2) is 35.2 Å². The van der Waals surface area contributed by atoms with Crippen molar-refractivity contribution in [3.8, 4) is 0 Å². The highest BCUT2D eigenvalue weighted by molar-refractivity contribution is 7.89. The molecule has 1 aliphatic carbocycles. The second-order valence-electron chi connectivity index (χ2n) is 6.64. The fraction of sp³-hybridized carbons (Fsp3) is 0.474. The average molecular weight is 346 g/mol. The van der Waals surface area contributed by atoms with E-state index in [4.69, 9.17) is 0 Å². The minimum atomic E-state index is -3.43. The lowest BCUT2D eigenvalue weighted by Crippen LogP contribution is -2.26. The van der Waals surface area contributed by atoms with Gasteiger partial charge in [0.1, 0.15) is 0 Å². The highest BCUT2D eigenvalue weighted by atomic mass is 32.2. The quantitative estimate of drug-likeness (QED) is 0.834. The predicted molar refractivity (Wildman–Crippen MR) is 96.9 cm³/mol. The summed E-state index contributed by atoms with van der Waals surface area (Å²) < 4.78 is 29.9. The van der Waals surface area contributed by atoms with Gasteiger partial charge in [-0.15, -0.1) is 0 Å². The Bertz CT molecular complexity index is 816. The molecule has 0 bridgehead atoms. The summed E-state index contributed by atoms with van der Waals surface area (Å²) in [4.78, 5) is 0.336. The second kappa shape index (κ2) is 6.73. The first kappa shape index (κ1) is 17.2. The van der Waals surface area contributed by atoms with E-state index in [-0.39, 0.29) is 0 Å². The van der Waals surface area contributed by atoms with E-state index in [2.05, 4.69) is 36.1 Å². The van der Waals surface area contributed by atoms with Crippen LogP contribution >= 0.6 is 0 Å². The van der Waals surface area contributed by atoms with Crippen LogP contribution in [0.3, 0.4) is 0 Å². The van der Waals surface area contributed by atoms with E-state index in [9.17, 15) is 8.42 Å². The molecule has 1 heterocycles. The Balaban J connectivity index is 1.64. The summed E-state index contributed by atoms with van der Waals surface area (Å²) in [6, 6.07) is 9.96. The maximum atomic E-state index is 12.4. The summed E-state index contributed by atoms with van der Waals surface area (Å²) in [7, 11) is -3.43. The molecule has 1 saturated carbocycles. The van der Waals surface area contributed by atoms with E-state index in [1.165, 1.54) is 29.8 Å². The molecule has 1 aromatic carbocycles. The highest BCUT2D eigenvalue weighted by Gasteiger charge is 2.26. The van der Waals surface area contributed by atoms with Crippen molar-refractivity contribution in [1.29, 1.82) is 0 Å². The zero-order valence-corrected chi connectivity index (χ0v) is 15.5. The van der Waals surface area contributed by atoms with Crippen molar-refractivity contribution in [3.63, 3.8) is 0 Å². The molecular weight excluding hydrogens is 320 g/mol. The standard InChI is InChI=1S/C19H26N2O2S/c1-4-16-5-9-19(10-6-16)24(22,23)20-12-11-17-13-14(2)21(15(17)3)18-7-8-18/h5-6,9-10,13,18,20H,4,7-8,11-12H2,1-3H3. The molecule has 1 fully saturated rings. The minimum absolute atomic E-state index is 0.336. The van der Waals surface area contributed by atoms with Crippen molar-refractivity contribution < 1.29 is 8.42 Å². The van der Waals surface area contributed by atoms with Crippen LogP contribution < -0.4 is 4.72 Å². The molecule has 130 valence electrons. The van der Waals surface area contributed by atoms with Gasteiger partial charge in [0.15, 0.2) is 0 Å². The lowest BCUT2D eigenvalue weighted by atomic mass is 10.2. The maximum absolute atomic E-state index is 12.4. The third-order valence-corrected chi connectivity index (χ3v) is 6.31. The normalized spacial score (nSPS) is 15.0. The molecule has 0 spiro atoms. The van der Waals surface area contributed by atoms with Gasteiger partial charge in [0.2, 0.25) is 10.0 Å². The van der Waals surface area contributed by atoms with Crippen molar-refractivity contribution in [2.75, 3.05) is 6.54 Å². The van der Waals surface area contributed by atoms with Crippen LogP contribution in [0.25, 0.3) is 0 Å². The zero-order chi connectivity index (χ0) is 17.3. The van der Waals surface area contributed by atoms with Gasteiger partial charge in [0.05, 0.1) is 4.90 Å². The number of nitrogens with zero attached hydrogens (tertiary/aromatic N) is 1. The van der Waals surface area contributed by atoms with E-state index < -0.39 is 10.0 Å². The van der Waals surface area contributed by atoms with E-state index in [1.807, 2.05) is 12.1 Å². The van der Waals surface area contributed by atoms with Crippen molar-refractivity contribution >= 4 is 10.0 Å². The first-order valence-electron chi connectivity index (χ1n) is 8.68. The maximum Gasteiger partial charge on any atom is 0.240 e. The van der Waals surface area contributed by atoms with E-state index in [0.29, 0.717) is 17.5 Å². The molecule has 1 aliphatic rings. The number of hydrogen-bond acceptors (Lipinski definition) is 2. The van der Waals surface area contributed by atoms with Gasteiger partial charge in [-0.25, -0.2) is 13.1 Å². The molecule has 0 aliphatic heterocycles. The lowest BCUT2D eigenvalue weighted by Gasteiger charge is -2.09. The molecule has 0 saturated heterocycles. The third kappa shape index (κ3) is 3.57. The predicted octanol–water partition coefficient (Wildman–Crippen LogP) is 3.52. The van der Waals surface area contributed by atoms with E-state index in [1.54, 1.807) is 12.1 Å². The van der Waals surface area contributed by atoms with Crippen LogP contribution in [0.2, 0.25) is 0 Å². The summed E-state index contributed by atoms with van der Waals surface area (Å²) >= 11 is 0. The number of aryl methyl sites for hydroxylation is 2. The fourth-order valence-electron chi connectivity index (χ4n) is 3.30. The zero-order valence-electron chi connectivity index (χ0n) is 14.7. The lowest BCUT2D eigenvalue weighted by molar-refractivity contribution is 0.581. The van der Waals surface area contributed by atoms with Crippen molar-refractivity contribution in [3.05, 3.63) is 52.8 Å². The van der Waals surface area contributed by atoms with Gasteiger partial charge < -0.3 is 4.57 Å². The van der Waals surface area contributed by atoms with Gasteiger partial charge in [-0.3, -0.25) is 0 Å². The first-order chi connectivity index (χ1) is 11.4. The first-order valence-corrected chi connectivity index (χ1v) is 10.2. The highest BCUT2D eigenvalue weighted by Crippen LogP contribution is 2.38. The largest absolute Gasteiger partial charge is 0.346 e. The summed E-state index contributed by atoms with van der Waals surface area (Å²) in [6.45, 7) is 6.75. The van der Waals surface area contributed by atoms with E-state index in [0.717, 1.165) is 18.4 Å². The summed E-state index contributed by atoms with van der Waals surface area (Å²) in [6.07, 6.45) is 4.15. The molecule has 3 rings (SSSR count). The summed E-state index contributed by atoms with van der Waals surface area (Å²) in [5, 5.41) is 0. The molecule has 4 nitrogen and oxygen atoms in total. The second-order valence-corrected chi connectivity index (χ2v) is 8.41. The molecule has 0 amide bonds. The van der Waals surface area contributed by atoms with Gasteiger partial charge in [-0.2, -0.15) is 0 Å². The fourth-order valence-corrected chi connectivity index (χ4v) is 4.33. The van der Waals surface area contributed by atoms with Gasteiger partial charge in [-0.05, 0) is 68.9 Å². The van der Waals surface area contributed by atoms with Crippen LogP contribution in [0.4, 0.5) is 0 Å². The van der Waals surface area contributed by atoms with Crippen LogP contribution in [0.5, 0.6) is 0 Å². The van der Waals surface area contributed by atoms with Crippen LogP contribution in [0, 0.1) is 13.8 Å². The molecule has 0 radical (unpaired) electrons. The Morgan fingerprint density at radius 1 is 1.17 bits per heavy atom. The SMILES string of the molecule is CCc1ccc(S(=O)(=O)NCCc2cc(C)n(C3CC3)c2C)cc1. The summed E-state index contributed by atoms with van der Waals surface area (Å²) in [5.74, 6) is 0. The number of benzene rings is 1. The van der Waals surface area contributed by atoms with Crippen molar-refractivity contribution in [2.45, 2.75) is 57.4 Å². The van der Waals surface area contributed by atoms with Gasteiger partial charge in [0, 0.05) is 24.0 Å². The molecule has 24 heavy (non-hydrogen) atoms. The van der Waals surface area contributed by atoms with Crippen LogP contribution in [-0.4, -0.2) is 19.5 Å². The number of rotatable bonds is 7. The molecular formula is C19H26N2O2S. The Morgan fingerprint density at radius 2 is 1.83 bits per heavy atom. The van der Waals surface area contributed by atoms with Crippen LogP contribution in [0.1, 0.15) is 48.3 Å². The smallest absolute Gasteiger partial charge is 0.240 e. The molecule has 1 N–H and O–H groups in total. The Hall–Kier alpha value is -1.59. The Morgan fingerprint density at radius 3 is 2.42 bits per heavy atom. The van der Waals surface area contributed by atoms with E-state index >= 15 is 0 Å². The average Bonchev–Trinajstić information content (AvgIpc) is 3.34. The molecule has 0 unspecified atom stereocenters. The van der Waals surface area contributed by atoms with Crippen LogP contribution in [-0.2, 0) is 22.9 Å². The Kier molecular flexibility index (Phi) is 4.83. The molecule has 5 heteroatoms. The topological polar surface area (TPSA) is 51.1 Å². The number of sulfonamides is 1. The van der Waals surface area contributed by atoms with Crippen molar-refractivity contribution in [1.82, 2.24) is 9.29 Å². The molecule has 2 aromatic rings. The number of nitrogens with one attached hydrogen (secondary N) is 1. The third-order valence-electron chi connectivity index (χ3n) is 4.83. The van der Waals surface area contributed by atoms with Gasteiger partial charge in [0.25, 0.3) is 0 Å². The van der Waals surface area contributed by atoms with Gasteiger partial charge >= 0.3 is 0 Å².